The first kappa shape index (κ1) is 24.6. The molecule has 1 amide bonds. The fourth-order valence-corrected chi connectivity index (χ4v) is 4.38. The second kappa shape index (κ2) is 11.2. The predicted octanol–water partition coefficient (Wildman–Crippen LogP) is 4.50. The normalized spacial score (nSPS) is 14.5. The smallest absolute Gasteiger partial charge is 0.344 e. The van der Waals surface area contributed by atoms with Crippen molar-refractivity contribution in [2.45, 2.75) is 13.8 Å². The van der Waals surface area contributed by atoms with E-state index in [2.05, 4.69) is 0 Å². The summed E-state index contributed by atoms with van der Waals surface area (Å²) < 4.78 is 16.6. The van der Waals surface area contributed by atoms with E-state index >= 15 is 0 Å². The fourth-order valence-electron chi connectivity index (χ4n) is 3.08. The molecule has 0 N–H and O–H groups in total. The molecule has 0 bridgehead atoms. The summed E-state index contributed by atoms with van der Waals surface area (Å²) in [6, 6.07) is 12.9. The Bertz CT molecular complexity index is 1070. The summed E-state index contributed by atoms with van der Waals surface area (Å²) in [5.41, 5.74) is 2.52. The van der Waals surface area contributed by atoms with Crippen molar-refractivity contribution in [1.82, 2.24) is 0 Å². The van der Waals surface area contributed by atoms with Gasteiger partial charge in [0.05, 0.1) is 23.8 Å². The summed E-state index contributed by atoms with van der Waals surface area (Å²) in [4.78, 5) is 28.7. The predicted molar refractivity (Wildman–Crippen MR) is 136 cm³/mol. The topological polar surface area (TPSA) is 68.3 Å². The highest BCUT2D eigenvalue weighted by atomic mass is 32.2. The monoisotopic (exact) mass is 486 g/mol. The first-order chi connectivity index (χ1) is 15.8. The van der Waals surface area contributed by atoms with E-state index in [-0.39, 0.29) is 19.1 Å². The van der Waals surface area contributed by atoms with Gasteiger partial charge >= 0.3 is 5.97 Å². The van der Waals surface area contributed by atoms with Crippen LogP contribution in [0.25, 0.3) is 6.08 Å². The molecule has 0 spiro atoms. The van der Waals surface area contributed by atoms with Crippen molar-refractivity contribution in [2.75, 3.05) is 43.7 Å². The van der Waals surface area contributed by atoms with Gasteiger partial charge < -0.3 is 19.1 Å². The molecule has 0 aromatic heterocycles. The summed E-state index contributed by atoms with van der Waals surface area (Å²) in [6.45, 7) is 4.09. The van der Waals surface area contributed by atoms with Gasteiger partial charge in [0, 0.05) is 19.8 Å². The van der Waals surface area contributed by atoms with E-state index in [0.717, 1.165) is 16.9 Å². The largest absolute Gasteiger partial charge is 0.490 e. The number of carbonyl (C=O) groups excluding carboxylic acids is 2. The standard InChI is InChI=1S/C24H26N2O5S2/c1-5-29-20-13-16(7-12-19(20)31-15-22(27)30-6-2)14-21-23(28)26(24(32)33-21)18-10-8-17(9-11-18)25(3)4/h7-14H,5-6,15H2,1-4H3/b21-14-. The SMILES string of the molecule is CCOC(=O)COc1ccc(/C=C2\SC(=S)N(c3ccc(N(C)C)cc3)C2=O)cc1OCC. The summed E-state index contributed by atoms with van der Waals surface area (Å²) in [7, 11) is 3.92. The zero-order valence-corrected chi connectivity index (χ0v) is 20.6. The van der Waals surface area contributed by atoms with E-state index in [0.29, 0.717) is 27.3 Å². The van der Waals surface area contributed by atoms with E-state index in [1.807, 2.05) is 50.2 Å². The Morgan fingerprint density at radius 2 is 1.79 bits per heavy atom. The third-order valence-electron chi connectivity index (χ3n) is 4.63. The molecule has 3 rings (SSSR count). The molecule has 33 heavy (non-hydrogen) atoms. The van der Waals surface area contributed by atoms with Crippen LogP contribution >= 0.6 is 24.0 Å². The second-order valence-corrected chi connectivity index (χ2v) is 8.84. The van der Waals surface area contributed by atoms with Crippen molar-refractivity contribution < 1.29 is 23.8 Å². The van der Waals surface area contributed by atoms with E-state index in [1.165, 1.54) is 16.7 Å². The van der Waals surface area contributed by atoms with E-state index in [1.54, 1.807) is 31.2 Å². The van der Waals surface area contributed by atoms with Crippen LogP contribution in [-0.2, 0) is 14.3 Å². The van der Waals surface area contributed by atoms with Crippen LogP contribution in [0.3, 0.4) is 0 Å². The van der Waals surface area contributed by atoms with Crippen LogP contribution in [0.15, 0.2) is 47.4 Å². The van der Waals surface area contributed by atoms with Crippen LogP contribution in [0.2, 0.25) is 0 Å². The molecular weight excluding hydrogens is 460 g/mol. The number of hydrogen-bond acceptors (Lipinski definition) is 8. The van der Waals surface area contributed by atoms with Gasteiger partial charge in [-0.05, 0) is 61.9 Å². The number of benzene rings is 2. The highest BCUT2D eigenvalue weighted by Gasteiger charge is 2.33. The molecule has 0 saturated carbocycles. The lowest BCUT2D eigenvalue weighted by Gasteiger charge is -2.17. The molecule has 2 aromatic rings. The number of esters is 1. The number of carbonyl (C=O) groups is 2. The van der Waals surface area contributed by atoms with Crippen LogP contribution in [0.5, 0.6) is 11.5 Å². The molecule has 1 saturated heterocycles. The highest BCUT2D eigenvalue weighted by Crippen LogP contribution is 2.37. The molecular formula is C24H26N2O5S2. The molecule has 1 heterocycles. The van der Waals surface area contributed by atoms with Gasteiger partial charge in [-0.1, -0.05) is 30.0 Å². The molecule has 0 aliphatic carbocycles. The Morgan fingerprint density at radius 3 is 2.42 bits per heavy atom. The van der Waals surface area contributed by atoms with Crippen LogP contribution in [-0.4, -0.2) is 50.1 Å². The first-order valence-electron chi connectivity index (χ1n) is 10.4. The number of hydrogen-bond donors (Lipinski definition) is 0. The second-order valence-electron chi connectivity index (χ2n) is 7.16. The summed E-state index contributed by atoms with van der Waals surface area (Å²) in [5, 5.41) is 0. The van der Waals surface area contributed by atoms with Gasteiger partial charge in [-0.2, -0.15) is 0 Å². The Kier molecular flexibility index (Phi) is 8.35. The van der Waals surface area contributed by atoms with Gasteiger partial charge in [-0.15, -0.1) is 0 Å². The first-order valence-corrected chi connectivity index (χ1v) is 11.7. The lowest BCUT2D eigenvalue weighted by Crippen LogP contribution is -2.27. The van der Waals surface area contributed by atoms with Gasteiger partial charge in [0.25, 0.3) is 5.91 Å². The van der Waals surface area contributed by atoms with Crippen molar-refractivity contribution in [2.24, 2.45) is 0 Å². The molecule has 2 aromatic carbocycles. The maximum Gasteiger partial charge on any atom is 0.344 e. The minimum Gasteiger partial charge on any atom is -0.490 e. The molecule has 1 fully saturated rings. The molecule has 0 radical (unpaired) electrons. The number of thiocarbonyl (C=S) groups is 1. The van der Waals surface area contributed by atoms with Gasteiger partial charge in [-0.3, -0.25) is 9.69 Å². The number of thioether (sulfide) groups is 1. The highest BCUT2D eigenvalue weighted by molar-refractivity contribution is 8.27. The molecule has 9 heteroatoms. The number of rotatable bonds is 9. The lowest BCUT2D eigenvalue weighted by atomic mass is 10.1. The lowest BCUT2D eigenvalue weighted by molar-refractivity contribution is -0.145. The molecule has 0 atom stereocenters. The average molecular weight is 487 g/mol. The molecule has 1 aliphatic rings. The summed E-state index contributed by atoms with van der Waals surface area (Å²) >= 11 is 6.72. The van der Waals surface area contributed by atoms with Crippen molar-refractivity contribution in [1.29, 1.82) is 0 Å². The van der Waals surface area contributed by atoms with Gasteiger partial charge in [0.1, 0.15) is 0 Å². The van der Waals surface area contributed by atoms with Crippen LogP contribution < -0.4 is 19.3 Å². The average Bonchev–Trinajstić information content (AvgIpc) is 3.06. The maximum atomic E-state index is 13.1. The van der Waals surface area contributed by atoms with Crippen LogP contribution in [0.1, 0.15) is 19.4 Å². The zero-order chi connectivity index (χ0) is 24.0. The molecule has 0 unspecified atom stereocenters. The quantitative estimate of drug-likeness (QED) is 0.292. The van der Waals surface area contributed by atoms with E-state index < -0.39 is 5.97 Å². The Labute approximate surface area is 203 Å². The van der Waals surface area contributed by atoms with Crippen molar-refractivity contribution in [3.63, 3.8) is 0 Å². The van der Waals surface area contributed by atoms with Gasteiger partial charge in [0.2, 0.25) is 0 Å². The summed E-state index contributed by atoms with van der Waals surface area (Å²) in [5.74, 6) is 0.274. The maximum absolute atomic E-state index is 13.1. The van der Waals surface area contributed by atoms with Crippen molar-refractivity contribution in [3.05, 3.63) is 52.9 Å². The Morgan fingerprint density at radius 1 is 1.06 bits per heavy atom. The molecule has 7 nitrogen and oxygen atoms in total. The van der Waals surface area contributed by atoms with E-state index in [4.69, 9.17) is 26.4 Å². The van der Waals surface area contributed by atoms with Crippen molar-refractivity contribution in [3.8, 4) is 11.5 Å². The van der Waals surface area contributed by atoms with Gasteiger partial charge in [0.15, 0.2) is 22.4 Å². The summed E-state index contributed by atoms with van der Waals surface area (Å²) in [6.07, 6.45) is 1.77. The fraction of sp³-hybridized carbons (Fsp3) is 0.292. The molecule has 1 aliphatic heterocycles. The number of ether oxygens (including phenoxy) is 3. The molecule has 174 valence electrons. The minimum atomic E-state index is -0.452. The Hall–Kier alpha value is -3.04. The number of anilines is 2. The van der Waals surface area contributed by atoms with E-state index in [9.17, 15) is 9.59 Å². The minimum absolute atomic E-state index is 0.178. The number of amides is 1. The zero-order valence-electron chi connectivity index (χ0n) is 19.0. The van der Waals surface area contributed by atoms with Crippen LogP contribution in [0.4, 0.5) is 11.4 Å². The third-order valence-corrected chi connectivity index (χ3v) is 5.94. The Balaban J connectivity index is 1.80. The van der Waals surface area contributed by atoms with Gasteiger partial charge in [-0.25, -0.2) is 4.79 Å². The van der Waals surface area contributed by atoms with Crippen molar-refractivity contribution >= 4 is 57.6 Å². The van der Waals surface area contributed by atoms with Crippen LogP contribution in [0, 0.1) is 0 Å². The third kappa shape index (κ3) is 6.06. The number of nitrogens with zero attached hydrogens (tertiary/aromatic N) is 2.